The van der Waals surface area contributed by atoms with Crippen molar-refractivity contribution < 1.29 is 32.6 Å². The molecule has 0 fully saturated rings. The van der Waals surface area contributed by atoms with Crippen molar-refractivity contribution >= 4 is 22.0 Å². The van der Waals surface area contributed by atoms with E-state index in [1.54, 1.807) is 20.8 Å². The molecule has 0 saturated heterocycles. The number of amides is 2. The second-order valence-corrected chi connectivity index (χ2v) is 11.9. The van der Waals surface area contributed by atoms with Crippen molar-refractivity contribution in [3.8, 4) is 0 Å². The van der Waals surface area contributed by atoms with Gasteiger partial charge < -0.3 is 25.2 Å². The predicted molar refractivity (Wildman–Crippen MR) is 137 cm³/mol. The number of rotatable bonds is 11. The van der Waals surface area contributed by atoms with Gasteiger partial charge in [0.05, 0.1) is 31.2 Å². The van der Waals surface area contributed by atoms with E-state index in [1.165, 1.54) is 13.8 Å². The Labute approximate surface area is 216 Å². The van der Waals surface area contributed by atoms with Crippen LogP contribution in [0.15, 0.2) is 35.1 Å². The first-order valence-corrected chi connectivity index (χ1v) is 13.5. The molecule has 0 radical (unpaired) electrons. The van der Waals surface area contributed by atoms with E-state index in [1.807, 2.05) is 30.3 Å². The van der Waals surface area contributed by atoms with Gasteiger partial charge in [-0.15, -0.1) is 4.09 Å². The normalized spacial score (nSPS) is 13.2. The van der Waals surface area contributed by atoms with E-state index in [0.717, 1.165) is 11.8 Å². The van der Waals surface area contributed by atoms with E-state index in [0.29, 0.717) is 4.09 Å². The number of carbonyl (C=O) groups is 2. The topological polar surface area (TPSA) is 169 Å². The maximum absolute atomic E-state index is 13.2. The smallest absolute Gasteiger partial charge is 0.408 e. The highest BCUT2D eigenvalue weighted by Crippen LogP contribution is 2.19. The quantitative estimate of drug-likeness (QED) is 0.330. The summed E-state index contributed by atoms with van der Waals surface area (Å²) >= 11 is 0. The van der Waals surface area contributed by atoms with Crippen molar-refractivity contribution in [2.45, 2.75) is 64.8 Å². The molecule has 0 aliphatic carbocycles. The van der Waals surface area contributed by atoms with Gasteiger partial charge in [0.2, 0.25) is 5.91 Å². The van der Waals surface area contributed by atoms with Crippen molar-refractivity contribution in [1.82, 2.24) is 19.8 Å². The Balaban J connectivity index is 2.38. The molecule has 0 spiro atoms. The zero-order valence-corrected chi connectivity index (χ0v) is 22.8. The van der Waals surface area contributed by atoms with Gasteiger partial charge in [0.1, 0.15) is 11.1 Å². The second kappa shape index (κ2) is 11.9. The number of ether oxygens (including phenoxy) is 2. The van der Waals surface area contributed by atoms with Gasteiger partial charge in [-0.05, 0) is 40.2 Å². The van der Waals surface area contributed by atoms with Crippen LogP contribution in [0.3, 0.4) is 0 Å². The molecule has 37 heavy (non-hydrogen) atoms. The lowest BCUT2D eigenvalue weighted by atomic mass is 10.0. The predicted octanol–water partition coefficient (Wildman–Crippen LogP) is 1.20. The molecule has 1 aromatic heterocycles. The number of alkyl carbamates (subject to hydrolysis) is 1. The van der Waals surface area contributed by atoms with Crippen LogP contribution in [0.4, 0.5) is 4.79 Å². The molecule has 0 saturated carbocycles. The molecular weight excluding hydrogens is 504 g/mol. The minimum absolute atomic E-state index is 0.0144. The van der Waals surface area contributed by atoms with Gasteiger partial charge in [0.25, 0.3) is 15.6 Å². The van der Waals surface area contributed by atoms with Gasteiger partial charge in [-0.3, -0.25) is 14.7 Å². The lowest BCUT2D eigenvalue weighted by Crippen LogP contribution is -2.56. The van der Waals surface area contributed by atoms with Crippen molar-refractivity contribution in [2.24, 2.45) is 0 Å². The van der Waals surface area contributed by atoms with Crippen LogP contribution in [0.25, 0.3) is 0 Å². The molecule has 2 rings (SSSR count). The first-order chi connectivity index (χ1) is 17.0. The Morgan fingerprint density at radius 3 is 2.30 bits per heavy atom. The monoisotopic (exact) mass is 540 g/mol. The van der Waals surface area contributed by atoms with Gasteiger partial charge in [0, 0.05) is 18.6 Å². The summed E-state index contributed by atoms with van der Waals surface area (Å²) in [6.07, 6.45) is -0.107. The molecule has 0 aliphatic heterocycles. The molecule has 0 aliphatic rings. The molecule has 4 N–H and O–H groups in total. The molecule has 12 nitrogen and oxygen atoms in total. The third-order valence-electron chi connectivity index (χ3n) is 5.11. The summed E-state index contributed by atoms with van der Waals surface area (Å²) < 4.78 is 35.8. The number of carbonyl (C=O) groups excluding carboxylic acids is 2. The van der Waals surface area contributed by atoms with Gasteiger partial charge in [0.15, 0.2) is 0 Å². The number of benzene rings is 1. The number of nitrogens with one attached hydrogen (secondary N) is 3. The number of aromatic nitrogens is 2. The Morgan fingerprint density at radius 1 is 1.14 bits per heavy atom. The summed E-state index contributed by atoms with van der Waals surface area (Å²) in [6, 6.07) is 8.21. The highest BCUT2D eigenvalue weighted by Gasteiger charge is 2.35. The average molecular weight is 541 g/mol. The van der Waals surface area contributed by atoms with Crippen molar-refractivity contribution in [3.05, 3.63) is 57.5 Å². The first kappa shape index (κ1) is 30.1. The molecular formula is C24H36N4O8S. The Bertz CT molecular complexity index is 1240. The van der Waals surface area contributed by atoms with Crippen LogP contribution in [0.1, 0.15) is 57.5 Å². The molecule has 206 valence electrons. The fourth-order valence-electron chi connectivity index (χ4n) is 3.36. The van der Waals surface area contributed by atoms with E-state index in [4.69, 9.17) is 9.47 Å². The van der Waals surface area contributed by atoms with E-state index in [2.05, 4.69) is 15.7 Å². The third kappa shape index (κ3) is 8.72. The summed E-state index contributed by atoms with van der Waals surface area (Å²) in [4.78, 5) is 38.3. The zero-order chi connectivity index (χ0) is 28.0. The standard InChI is InChI=1S/C24H36N4O8S/c1-23(2,3)36-22(32)26-24(4,5)21(31)25-18(15-35-14-16-10-8-7-9-11-16)19-17(12-13-29)20(30)28(27-19)37(6,33)34/h7-11,18,27,29H,12-15H2,1-6H3,(H,25,31)(H,26,32)/t18-/m1/s1. The molecule has 2 amide bonds. The fraction of sp³-hybridized carbons (Fsp3) is 0.542. The minimum atomic E-state index is -4.00. The maximum Gasteiger partial charge on any atom is 0.408 e. The van der Waals surface area contributed by atoms with Gasteiger partial charge >= 0.3 is 6.09 Å². The van der Waals surface area contributed by atoms with Crippen LogP contribution in [0.2, 0.25) is 0 Å². The minimum Gasteiger partial charge on any atom is -0.444 e. The molecule has 0 unspecified atom stereocenters. The SMILES string of the molecule is CC(C)(C)OC(=O)NC(C)(C)C(=O)N[C@H](COCc1ccccc1)c1[nH]n(S(C)(=O)=O)c(=O)c1CCO. The highest BCUT2D eigenvalue weighted by atomic mass is 32.2. The second-order valence-electron chi connectivity index (χ2n) is 10.1. The van der Waals surface area contributed by atoms with Gasteiger partial charge in [-0.25, -0.2) is 13.2 Å². The Morgan fingerprint density at radius 2 is 1.76 bits per heavy atom. The maximum atomic E-state index is 13.2. The number of nitrogens with zero attached hydrogens (tertiary/aromatic N) is 1. The van der Waals surface area contributed by atoms with Crippen LogP contribution in [-0.4, -0.2) is 65.3 Å². The number of aliphatic hydroxyl groups is 1. The zero-order valence-electron chi connectivity index (χ0n) is 22.0. The lowest BCUT2D eigenvalue weighted by Gasteiger charge is -2.29. The van der Waals surface area contributed by atoms with E-state index in [9.17, 15) is 27.9 Å². The number of aliphatic hydroxyl groups excluding tert-OH is 1. The van der Waals surface area contributed by atoms with Crippen molar-refractivity contribution in [1.29, 1.82) is 0 Å². The van der Waals surface area contributed by atoms with E-state index < -0.39 is 51.4 Å². The lowest BCUT2D eigenvalue weighted by molar-refractivity contribution is -0.127. The fourth-order valence-corrected chi connectivity index (χ4v) is 4.04. The molecule has 1 aromatic carbocycles. The highest BCUT2D eigenvalue weighted by molar-refractivity contribution is 7.89. The van der Waals surface area contributed by atoms with Crippen LogP contribution in [0, 0.1) is 0 Å². The van der Waals surface area contributed by atoms with E-state index in [-0.39, 0.29) is 30.9 Å². The largest absolute Gasteiger partial charge is 0.444 e. The molecule has 1 heterocycles. The summed E-state index contributed by atoms with van der Waals surface area (Å²) in [5.41, 5.74) is -2.18. The summed E-state index contributed by atoms with van der Waals surface area (Å²) in [6.45, 7) is 7.59. The number of aromatic amines is 1. The number of H-pyrrole nitrogens is 1. The van der Waals surface area contributed by atoms with Crippen LogP contribution in [-0.2, 0) is 37.3 Å². The third-order valence-corrected chi connectivity index (χ3v) is 6.03. The number of hydrogen-bond donors (Lipinski definition) is 4. The molecule has 0 bridgehead atoms. The molecule has 13 heteroatoms. The molecule has 1 atom stereocenters. The Kier molecular flexibility index (Phi) is 9.69. The first-order valence-electron chi connectivity index (χ1n) is 11.6. The Hall–Kier alpha value is -3.16. The van der Waals surface area contributed by atoms with Gasteiger partial charge in [-0.2, -0.15) is 0 Å². The summed E-state index contributed by atoms with van der Waals surface area (Å²) in [7, 11) is -4.00. The van der Waals surface area contributed by atoms with Crippen LogP contribution < -0.4 is 16.2 Å². The average Bonchev–Trinajstić information content (AvgIpc) is 3.08. The van der Waals surface area contributed by atoms with Crippen molar-refractivity contribution in [2.75, 3.05) is 19.5 Å². The van der Waals surface area contributed by atoms with Crippen LogP contribution in [0.5, 0.6) is 0 Å². The van der Waals surface area contributed by atoms with Gasteiger partial charge in [-0.1, -0.05) is 30.3 Å². The van der Waals surface area contributed by atoms with Crippen molar-refractivity contribution in [3.63, 3.8) is 0 Å². The summed E-state index contributed by atoms with van der Waals surface area (Å²) in [5.74, 6) is -0.644. The summed E-state index contributed by atoms with van der Waals surface area (Å²) in [5, 5.41) is 17.3. The van der Waals surface area contributed by atoms with Crippen LogP contribution >= 0.6 is 0 Å². The van der Waals surface area contributed by atoms with E-state index >= 15 is 0 Å². The molecule has 2 aromatic rings. The number of hydrogen-bond acceptors (Lipinski definition) is 8.